The maximum atomic E-state index is 12.2. The largest absolute Gasteiger partial charge is 0.325 e. The molecule has 1 unspecified atom stereocenters. The van der Waals surface area contributed by atoms with Crippen LogP contribution in [0.4, 0.5) is 8.78 Å². The zero-order valence-electron chi connectivity index (χ0n) is 7.95. The van der Waals surface area contributed by atoms with Gasteiger partial charge in [0.05, 0.1) is 0 Å². The summed E-state index contributed by atoms with van der Waals surface area (Å²) in [6.07, 6.45) is 1.23. The van der Waals surface area contributed by atoms with Gasteiger partial charge in [-0.3, -0.25) is 0 Å². The Hall–Kier alpha value is -1.22. The van der Waals surface area contributed by atoms with Crippen molar-refractivity contribution in [2.45, 2.75) is 19.4 Å². The van der Waals surface area contributed by atoms with Gasteiger partial charge in [0.15, 0.2) is 0 Å². The number of halogens is 2. The Morgan fingerprint density at radius 3 is 2.21 bits per heavy atom. The molecule has 0 aromatic heterocycles. The van der Waals surface area contributed by atoms with Crippen LogP contribution in [0.25, 0.3) is 6.08 Å². The van der Waals surface area contributed by atoms with Crippen molar-refractivity contribution >= 4 is 6.08 Å². The number of benzene rings is 1. The molecule has 0 saturated carbocycles. The van der Waals surface area contributed by atoms with Gasteiger partial charge in [0.25, 0.3) is 6.43 Å². The molecule has 0 amide bonds. The van der Waals surface area contributed by atoms with Crippen LogP contribution >= 0.6 is 0 Å². The van der Waals surface area contributed by atoms with Crippen molar-refractivity contribution in [3.63, 3.8) is 0 Å². The van der Waals surface area contributed by atoms with E-state index in [1.165, 1.54) is 12.1 Å². The third kappa shape index (κ3) is 3.26. The summed E-state index contributed by atoms with van der Waals surface area (Å²) in [5, 5.41) is 0. The minimum Gasteiger partial charge on any atom is -0.325 e. The molecule has 0 radical (unpaired) electrons. The highest BCUT2D eigenvalue weighted by molar-refractivity contribution is 5.50. The molecule has 1 rings (SSSR count). The molecule has 3 heteroatoms. The van der Waals surface area contributed by atoms with E-state index in [0.29, 0.717) is 0 Å². The van der Waals surface area contributed by atoms with Gasteiger partial charge in [-0.2, -0.15) is 0 Å². The quantitative estimate of drug-likeness (QED) is 0.792. The molecule has 1 nitrogen and oxygen atoms in total. The lowest BCUT2D eigenvalue weighted by Gasteiger charge is -2.00. The zero-order chi connectivity index (χ0) is 10.6. The molecule has 0 aliphatic heterocycles. The third-order valence-corrected chi connectivity index (χ3v) is 1.78. The number of nitrogens with two attached hydrogens (primary N) is 1. The van der Waals surface area contributed by atoms with Crippen LogP contribution in [0.15, 0.2) is 30.3 Å². The van der Waals surface area contributed by atoms with Crippen LogP contribution in [-0.2, 0) is 0 Å². The predicted octanol–water partition coefficient (Wildman–Crippen LogP) is 2.98. The van der Waals surface area contributed by atoms with E-state index in [9.17, 15) is 8.78 Å². The Morgan fingerprint density at radius 1 is 1.21 bits per heavy atom. The first kappa shape index (κ1) is 10.9. The number of hydrogen-bond donors (Lipinski definition) is 1. The molecule has 1 aromatic carbocycles. The lowest BCUT2D eigenvalue weighted by atomic mass is 10.1. The van der Waals surface area contributed by atoms with Gasteiger partial charge in [-0.25, -0.2) is 8.78 Å². The molecule has 0 aliphatic carbocycles. The highest BCUT2D eigenvalue weighted by atomic mass is 19.3. The van der Waals surface area contributed by atoms with Crippen LogP contribution in [0.5, 0.6) is 0 Å². The molecule has 0 spiro atoms. The van der Waals surface area contributed by atoms with Gasteiger partial charge in [-0.05, 0) is 12.5 Å². The van der Waals surface area contributed by atoms with Gasteiger partial charge >= 0.3 is 0 Å². The zero-order valence-corrected chi connectivity index (χ0v) is 7.95. The Morgan fingerprint density at radius 2 is 1.79 bits per heavy atom. The molecule has 14 heavy (non-hydrogen) atoms. The summed E-state index contributed by atoms with van der Waals surface area (Å²) in [5.74, 6) is 0. The maximum absolute atomic E-state index is 12.2. The van der Waals surface area contributed by atoms with Crippen LogP contribution in [0, 0.1) is 0 Å². The predicted molar refractivity (Wildman–Crippen MR) is 54.1 cm³/mol. The van der Waals surface area contributed by atoms with Crippen molar-refractivity contribution < 1.29 is 8.78 Å². The fourth-order valence-electron chi connectivity index (χ4n) is 1.02. The number of rotatable bonds is 3. The van der Waals surface area contributed by atoms with Crippen molar-refractivity contribution in [3.05, 3.63) is 41.5 Å². The van der Waals surface area contributed by atoms with Crippen molar-refractivity contribution in [1.82, 2.24) is 0 Å². The van der Waals surface area contributed by atoms with E-state index >= 15 is 0 Å². The monoisotopic (exact) mass is 197 g/mol. The number of hydrogen-bond acceptors (Lipinski definition) is 1. The van der Waals surface area contributed by atoms with Crippen molar-refractivity contribution in [3.8, 4) is 0 Å². The molecular formula is C11H13F2N. The smallest absolute Gasteiger partial charge is 0.263 e. The van der Waals surface area contributed by atoms with Crippen molar-refractivity contribution in [1.29, 1.82) is 0 Å². The molecule has 0 aliphatic rings. The van der Waals surface area contributed by atoms with E-state index < -0.39 is 6.43 Å². The maximum Gasteiger partial charge on any atom is 0.263 e. The summed E-state index contributed by atoms with van der Waals surface area (Å²) in [7, 11) is 0. The molecule has 0 saturated heterocycles. The normalized spacial score (nSPS) is 13.8. The van der Waals surface area contributed by atoms with Crippen molar-refractivity contribution in [2.75, 3.05) is 0 Å². The fraction of sp³-hybridized carbons (Fsp3) is 0.273. The highest BCUT2D eigenvalue weighted by Gasteiger charge is 2.04. The summed E-state index contributed by atoms with van der Waals surface area (Å²) in [5.41, 5.74) is 6.44. The lowest BCUT2D eigenvalue weighted by molar-refractivity contribution is 0.151. The van der Waals surface area contributed by atoms with Gasteiger partial charge in [0, 0.05) is 11.6 Å². The summed E-state index contributed by atoms with van der Waals surface area (Å²) in [4.78, 5) is 0. The highest BCUT2D eigenvalue weighted by Crippen LogP contribution is 2.18. The number of alkyl halides is 2. The average molecular weight is 197 g/mol. The Bertz CT molecular complexity index is 302. The van der Waals surface area contributed by atoms with E-state index in [-0.39, 0.29) is 11.6 Å². The molecule has 0 heterocycles. The standard InChI is InChI=1S/C11H13F2N/c1-8(14)2-3-9-4-6-10(7-5-9)11(12)13/h2-8,11H,14H2,1H3/b3-2+. The molecule has 2 N–H and O–H groups in total. The SMILES string of the molecule is CC(N)/C=C/c1ccc(C(F)F)cc1. The average Bonchev–Trinajstić information content (AvgIpc) is 2.15. The van der Waals surface area contributed by atoms with Crippen molar-refractivity contribution in [2.24, 2.45) is 5.73 Å². The lowest BCUT2D eigenvalue weighted by Crippen LogP contribution is -2.09. The Kier molecular flexibility index (Phi) is 3.77. The molecule has 1 aromatic rings. The topological polar surface area (TPSA) is 26.0 Å². The second-order valence-corrected chi connectivity index (χ2v) is 3.19. The van der Waals surface area contributed by atoms with Crippen LogP contribution in [-0.4, -0.2) is 6.04 Å². The second kappa shape index (κ2) is 4.86. The summed E-state index contributed by atoms with van der Waals surface area (Å²) in [6.45, 7) is 1.85. The summed E-state index contributed by atoms with van der Waals surface area (Å²) >= 11 is 0. The molecule has 76 valence electrons. The van der Waals surface area contributed by atoms with Crippen LogP contribution in [0.1, 0.15) is 24.5 Å². The van der Waals surface area contributed by atoms with E-state index in [2.05, 4.69) is 0 Å². The van der Waals surface area contributed by atoms with Gasteiger partial charge in [0.2, 0.25) is 0 Å². The Balaban J connectivity index is 2.73. The van der Waals surface area contributed by atoms with Crippen LogP contribution < -0.4 is 5.73 Å². The van der Waals surface area contributed by atoms with E-state index in [0.717, 1.165) is 5.56 Å². The van der Waals surface area contributed by atoms with Crippen LogP contribution in [0.2, 0.25) is 0 Å². The van der Waals surface area contributed by atoms with E-state index in [1.807, 2.05) is 19.1 Å². The minimum absolute atomic E-state index is 0.0234. The summed E-state index contributed by atoms with van der Waals surface area (Å²) < 4.78 is 24.3. The molecule has 0 bridgehead atoms. The van der Waals surface area contributed by atoms with E-state index in [1.54, 1.807) is 12.1 Å². The summed E-state index contributed by atoms with van der Waals surface area (Å²) in [6, 6.07) is 6.13. The van der Waals surface area contributed by atoms with Gasteiger partial charge in [-0.15, -0.1) is 0 Å². The minimum atomic E-state index is -2.40. The van der Waals surface area contributed by atoms with Gasteiger partial charge in [-0.1, -0.05) is 36.4 Å². The molecular weight excluding hydrogens is 184 g/mol. The van der Waals surface area contributed by atoms with E-state index in [4.69, 9.17) is 5.73 Å². The molecule has 1 atom stereocenters. The third-order valence-electron chi connectivity index (χ3n) is 1.78. The van der Waals surface area contributed by atoms with Gasteiger partial charge < -0.3 is 5.73 Å². The Labute approximate surface area is 82.2 Å². The van der Waals surface area contributed by atoms with Gasteiger partial charge in [0.1, 0.15) is 0 Å². The second-order valence-electron chi connectivity index (χ2n) is 3.19. The fourth-order valence-corrected chi connectivity index (χ4v) is 1.02. The first-order valence-electron chi connectivity index (χ1n) is 4.41. The first-order valence-corrected chi connectivity index (χ1v) is 4.41. The first-order chi connectivity index (χ1) is 6.59. The molecule has 0 fully saturated rings. The van der Waals surface area contributed by atoms with Crippen LogP contribution in [0.3, 0.4) is 0 Å².